The minimum absolute atomic E-state index is 0.0480. The Hall–Kier alpha value is -1.46. The van der Waals surface area contributed by atoms with Crippen molar-refractivity contribution in [2.45, 2.75) is 39.8 Å². The zero-order valence-corrected chi connectivity index (χ0v) is 12.9. The molecule has 1 fully saturated rings. The van der Waals surface area contributed by atoms with Crippen molar-refractivity contribution >= 4 is 5.97 Å². The lowest BCUT2D eigenvalue weighted by molar-refractivity contribution is -0.149. The van der Waals surface area contributed by atoms with E-state index in [0.29, 0.717) is 13.2 Å². The lowest BCUT2D eigenvalue weighted by Gasteiger charge is -2.24. The van der Waals surface area contributed by atoms with E-state index in [2.05, 4.69) is 19.3 Å². The normalized spacial score (nSPS) is 21.4. The Labute approximate surface area is 125 Å². The highest BCUT2D eigenvalue weighted by molar-refractivity contribution is 5.76. The third-order valence-electron chi connectivity index (χ3n) is 3.65. The summed E-state index contributed by atoms with van der Waals surface area (Å²) in [6, 6.07) is 6.17. The average Bonchev–Trinajstić information content (AvgIpc) is 2.72. The Morgan fingerprint density at radius 1 is 1.52 bits per heavy atom. The van der Waals surface area contributed by atoms with Crippen LogP contribution in [0.15, 0.2) is 24.3 Å². The maximum absolute atomic E-state index is 13.2. The van der Waals surface area contributed by atoms with Gasteiger partial charge in [-0.15, -0.1) is 0 Å². The molecule has 1 saturated heterocycles. The van der Waals surface area contributed by atoms with E-state index in [1.165, 1.54) is 12.1 Å². The molecule has 1 heterocycles. The molecule has 2 rings (SSSR count). The molecule has 0 aromatic heterocycles. The highest BCUT2D eigenvalue weighted by atomic mass is 19.1. The van der Waals surface area contributed by atoms with E-state index < -0.39 is 0 Å². The van der Waals surface area contributed by atoms with E-state index in [1.807, 2.05) is 18.0 Å². The van der Waals surface area contributed by atoms with Gasteiger partial charge in [0.1, 0.15) is 11.9 Å². The van der Waals surface area contributed by atoms with Crippen LogP contribution >= 0.6 is 0 Å². The van der Waals surface area contributed by atoms with Crippen molar-refractivity contribution in [3.63, 3.8) is 0 Å². The largest absolute Gasteiger partial charge is 0.465 e. The third-order valence-corrected chi connectivity index (χ3v) is 3.65. The number of nitrogens with one attached hydrogen (secondary N) is 1. The van der Waals surface area contributed by atoms with Crippen LogP contribution in [0.5, 0.6) is 0 Å². The van der Waals surface area contributed by atoms with Gasteiger partial charge in [0.25, 0.3) is 0 Å². The Bertz CT molecular complexity index is 505. The second kappa shape index (κ2) is 6.54. The average molecular weight is 294 g/mol. The zero-order chi connectivity index (χ0) is 15.5. The number of hydrogen-bond acceptors (Lipinski definition) is 4. The maximum Gasteiger partial charge on any atom is 0.324 e. The van der Waals surface area contributed by atoms with E-state index in [-0.39, 0.29) is 23.2 Å². The summed E-state index contributed by atoms with van der Waals surface area (Å²) in [5.74, 6) is -0.451. The Morgan fingerprint density at radius 2 is 2.29 bits per heavy atom. The fraction of sp³-hybridized carbons (Fsp3) is 0.562. The van der Waals surface area contributed by atoms with Crippen LogP contribution in [0.4, 0.5) is 4.39 Å². The van der Waals surface area contributed by atoms with Crippen LogP contribution in [0.1, 0.15) is 32.8 Å². The van der Waals surface area contributed by atoms with Crippen molar-refractivity contribution < 1.29 is 13.9 Å². The summed E-state index contributed by atoms with van der Waals surface area (Å²) in [4.78, 5) is 12.0. The SMILES string of the molecule is CCOC(=O)[C@@H]1CC(C)(C)CN1NCc1cccc(F)c1. The number of ether oxygens (including phenoxy) is 1. The molecule has 0 aliphatic carbocycles. The monoisotopic (exact) mass is 294 g/mol. The quantitative estimate of drug-likeness (QED) is 0.847. The van der Waals surface area contributed by atoms with Crippen LogP contribution in [0.3, 0.4) is 0 Å². The predicted octanol–water partition coefficient (Wildman–Crippen LogP) is 2.49. The second-order valence-corrected chi connectivity index (χ2v) is 6.23. The van der Waals surface area contributed by atoms with E-state index in [0.717, 1.165) is 18.5 Å². The highest BCUT2D eigenvalue weighted by Gasteiger charge is 2.42. The number of halogens is 1. The molecule has 1 aromatic carbocycles. The van der Waals surface area contributed by atoms with E-state index in [1.54, 1.807) is 6.07 Å². The first-order chi connectivity index (χ1) is 9.91. The topological polar surface area (TPSA) is 41.6 Å². The number of carbonyl (C=O) groups is 1. The molecule has 1 aliphatic heterocycles. The fourth-order valence-electron chi connectivity index (χ4n) is 2.72. The number of nitrogens with zero attached hydrogens (tertiary/aromatic N) is 1. The number of carbonyl (C=O) groups excluding carboxylic acids is 1. The predicted molar refractivity (Wildman–Crippen MR) is 78.8 cm³/mol. The van der Waals surface area contributed by atoms with Gasteiger partial charge in [0.2, 0.25) is 0 Å². The van der Waals surface area contributed by atoms with Gasteiger partial charge < -0.3 is 4.74 Å². The maximum atomic E-state index is 13.2. The molecule has 21 heavy (non-hydrogen) atoms. The van der Waals surface area contributed by atoms with Crippen LogP contribution in [0, 0.1) is 11.2 Å². The summed E-state index contributed by atoms with van der Waals surface area (Å²) in [5.41, 5.74) is 4.13. The molecular formula is C16H23FN2O2. The summed E-state index contributed by atoms with van der Waals surface area (Å²) in [7, 11) is 0. The molecule has 0 amide bonds. The van der Waals surface area contributed by atoms with E-state index in [4.69, 9.17) is 4.74 Å². The summed E-state index contributed by atoms with van der Waals surface area (Å²) in [5, 5.41) is 1.92. The summed E-state index contributed by atoms with van der Waals surface area (Å²) < 4.78 is 18.3. The summed E-state index contributed by atoms with van der Waals surface area (Å²) in [6.07, 6.45) is 0.752. The molecule has 4 nitrogen and oxygen atoms in total. The Kier molecular flexibility index (Phi) is 4.96. The number of hydrazine groups is 1. The molecule has 1 aromatic rings. The van der Waals surface area contributed by atoms with Gasteiger partial charge in [-0.3, -0.25) is 4.79 Å². The van der Waals surface area contributed by atoms with Crippen LogP contribution < -0.4 is 5.43 Å². The van der Waals surface area contributed by atoms with Gasteiger partial charge in [-0.05, 0) is 36.5 Å². The lowest BCUT2D eigenvalue weighted by atomic mass is 9.91. The fourth-order valence-corrected chi connectivity index (χ4v) is 2.72. The minimum atomic E-state index is -0.284. The Morgan fingerprint density at radius 3 is 2.95 bits per heavy atom. The minimum Gasteiger partial charge on any atom is -0.465 e. The van der Waals surface area contributed by atoms with Gasteiger partial charge in [0.15, 0.2) is 0 Å². The standard InChI is InChI=1S/C16H23FN2O2/c1-4-21-15(20)14-9-16(2,3)11-19(14)18-10-12-6-5-7-13(17)8-12/h5-8,14,18H,4,9-11H2,1-3H3/t14-/m0/s1. The molecule has 0 saturated carbocycles. The molecule has 0 bridgehead atoms. The van der Waals surface area contributed by atoms with Crippen molar-refractivity contribution in [2.24, 2.45) is 5.41 Å². The lowest BCUT2D eigenvalue weighted by Crippen LogP contribution is -2.46. The highest BCUT2D eigenvalue weighted by Crippen LogP contribution is 2.33. The second-order valence-electron chi connectivity index (χ2n) is 6.23. The summed E-state index contributed by atoms with van der Waals surface area (Å²) >= 11 is 0. The molecule has 0 spiro atoms. The molecule has 0 radical (unpaired) electrons. The summed E-state index contributed by atoms with van der Waals surface area (Å²) in [6.45, 7) is 7.69. The van der Waals surface area contributed by atoms with Crippen LogP contribution in [0.25, 0.3) is 0 Å². The van der Waals surface area contributed by atoms with Gasteiger partial charge in [-0.25, -0.2) is 14.8 Å². The molecule has 1 aliphatic rings. The molecule has 116 valence electrons. The van der Waals surface area contributed by atoms with E-state index >= 15 is 0 Å². The molecule has 5 heteroatoms. The molecule has 1 atom stereocenters. The van der Waals surface area contributed by atoms with Crippen molar-refractivity contribution in [1.29, 1.82) is 0 Å². The van der Waals surface area contributed by atoms with Gasteiger partial charge in [-0.2, -0.15) is 0 Å². The van der Waals surface area contributed by atoms with Gasteiger partial charge in [0, 0.05) is 13.1 Å². The van der Waals surface area contributed by atoms with E-state index in [9.17, 15) is 9.18 Å². The van der Waals surface area contributed by atoms with Crippen molar-refractivity contribution in [1.82, 2.24) is 10.4 Å². The smallest absolute Gasteiger partial charge is 0.324 e. The van der Waals surface area contributed by atoms with Crippen molar-refractivity contribution in [3.05, 3.63) is 35.6 Å². The van der Waals surface area contributed by atoms with Crippen LogP contribution in [0.2, 0.25) is 0 Å². The van der Waals surface area contributed by atoms with Gasteiger partial charge in [-0.1, -0.05) is 26.0 Å². The van der Waals surface area contributed by atoms with Gasteiger partial charge >= 0.3 is 5.97 Å². The number of rotatable bonds is 5. The number of benzene rings is 1. The van der Waals surface area contributed by atoms with Crippen LogP contribution in [-0.2, 0) is 16.1 Å². The third kappa shape index (κ3) is 4.25. The van der Waals surface area contributed by atoms with Crippen LogP contribution in [-0.4, -0.2) is 30.2 Å². The zero-order valence-electron chi connectivity index (χ0n) is 12.9. The first kappa shape index (κ1) is 15.9. The Balaban J connectivity index is 2.00. The molecular weight excluding hydrogens is 271 g/mol. The molecule has 1 N–H and O–H groups in total. The number of hydrogen-bond donors (Lipinski definition) is 1. The first-order valence-corrected chi connectivity index (χ1v) is 7.32. The van der Waals surface area contributed by atoms with Crippen molar-refractivity contribution in [2.75, 3.05) is 13.2 Å². The number of esters is 1. The van der Waals surface area contributed by atoms with Crippen molar-refractivity contribution in [3.8, 4) is 0 Å². The van der Waals surface area contributed by atoms with Gasteiger partial charge in [0.05, 0.1) is 6.61 Å². The first-order valence-electron chi connectivity index (χ1n) is 7.32. The molecule has 0 unspecified atom stereocenters.